The maximum atomic E-state index is 9.12. The zero-order chi connectivity index (χ0) is 11.3. The molecular weight excluding hydrogens is 190 g/mol. The maximum Gasteiger partial charge on any atom is 0.0612 e. The Morgan fingerprint density at radius 2 is 2.33 bits per heavy atom. The summed E-state index contributed by atoms with van der Waals surface area (Å²) in [4.78, 5) is 0. The average molecular weight is 215 g/mol. The fraction of sp³-hybridized carbons (Fsp3) is 1.00. The minimum absolute atomic E-state index is 0.0807. The molecule has 0 spiro atoms. The first kappa shape index (κ1) is 12.9. The monoisotopic (exact) mass is 215 g/mol. The summed E-state index contributed by atoms with van der Waals surface area (Å²) in [5, 5.41) is 9.12. The summed E-state index contributed by atoms with van der Waals surface area (Å²) in [6, 6.07) is 0. The molecule has 1 rings (SSSR count). The van der Waals surface area contributed by atoms with E-state index in [0.29, 0.717) is 5.92 Å². The molecule has 0 radical (unpaired) electrons. The topological polar surface area (TPSA) is 55.5 Å². The molecule has 15 heavy (non-hydrogen) atoms. The van der Waals surface area contributed by atoms with Crippen molar-refractivity contribution in [1.82, 2.24) is 0 Å². The van der Waals surface area contributed by atoms with Crippen LogP contribution in [0.4, 0.5) is 0 Å². The normalized spacial score (nSPS) is 33.2. The lowest BCUT2D eigenvalue weighted by molar-refractivity contribution is 0.0291. The molecule has 0 saturated heterocycles. The third-order valence-electron chi connectivity index (χ3n) is 3.31. The molecule has 0 aliphatic heterocycles. The van der Waals surface area contributed by atoms with Crippen molar-refractivity contribution in [2.75, 3.05) is 13.2 Å². The van der Waals surface area contributed by atoms with Crippen molar-refractivity contribution in [3.05, 3.63) is 0 Å². The molecule has 1 fully saturated rings. The summed E-state index contributed by atoms with van der Waals surface area (Å²) in [7, 11) is 0. The third kappa shape index (κ3) is 4.09. The molecule has 3 unspecified atom stereocenters. The Labute approximate surface area is 93.0 Å². The quantitative estimate of drug-likeness (QED) is 0.709. The van der Waals surface area contributed by atoms with Gasteiger partial charge in [0.05, 0.1) is 12.7 Å². The van der Waals surface area contributed by atoms with Crippen molar-refractivity contribution < 1.29 is 9.84 Å². The van der Waals surface area contributed by atoms with Gasteiger partial charge in [-0.05, 0) is 31.6 Å². The van der Waals surface area contributed by atoms with Gasteiger partial charge in [-0.15, -0.1) is 0 Å². The maximum absolute atomic E-state index is 9.12. The number of rotatable bonds is 6. The van der Waals surface area contributed by atoms with Crippen molar-refractivity contribution in [3.8, 4) is 0 Å². The van der Waals surface area contributed by atoms with Gasteiger partial charge >= 0.3 is 0 Å². The van der Waals surface area contributed by atoms with E-state index >= 15 is 0 Å². The van der Waals surface area contributed by atoms with Crippen LogP contribution in [0.15, 0.2) is 0 Å². The molecule has 1 saturated carbocycles. The van der Waals surface area contributed by atoms with Gasteiger partial charge in [0, 0.05) is 12.1 Å². The summed E-state index contributed by atoms with van der Waals surface area (Å²) >= 11 is 0. The van der Waals surface area contributed by atoms with Gasteiger partial charge in [-0.3, -0.25) is 0 Å². The first-order valence-corrected chi connectivity index (χ1v) is 6.11. The SMILES string of the molecule is CCCC(C)COC1CCC(N)(CO)C1. The van der Waals surface area contributed by atoms with Crippen LogP contribution in [-0.4, -0.2) is 30.0 Å². The van der Waals surface area contributed by atoms with E-state index < -0.39 is 0 Å². The standard InChI is InChI=1S/C12H25NO2/c1-3-4-10(2)8-15-11-5-6-12(13,7-11)9-14/h10-11,14H,3-9,13H2,1-2H3. The lowest BCUT2D eigenvalue weighted by Gasteiger charge is -2.21. The Morgan fingerprint density at radius 3 is 2.87 bits per heavy atom. The summed E-state index contributed by atoms with van der Waals surface area (Å²) in [5.74, 6) is 0.636. The first-order valence-electron chi connectivity index (χ1n) is 6.11. The van der Waals surface area contributed by atoms with E-state index in [1.54, 1.807) is 0 Å². The van der Waals surface area contributed by atoms with E-state index in [9.17, 15) is 0 Å². The van der Waals surface area contributed by atoms with E-state index in [1.807, 2.05) is 0 Å². The second kappa shape index (κ2) is 5.83. The van der Waals surface area contributed by atoms with Crippen LogP contribution >= 0.6 is 0 Å². The number of nitrogens with two attached hydrogens (primary N) is 1. The van der Waals surface area contributed by atoms with Gasteiger partial charge in [0.1, 0.15) is 0 Å². The smallest absolute Gasteiger partial charge is 0.0612 e. The van der Waals surface area contributed by atoms with Gasteiger partial charge in [-0.2, -0.15) is 0 Å². The molecular formula is C12H25NO2. The zero-order valence-corrected chi connectivity index (χ0v) is 10.0. The molecule has 90 valence electrons. The highest BCUT2D eigenvalue weighted by Crippen LogP contribution is 2.29. The van der Waals surface area contributed by atoms with Crippen LogP contribution < -0.4 is 5.73 Å². The Bertz CT molecular complexity index is 186. The molecule has 0 bridgehead atoms. The molecule has 3 nitrogen and oxygen atoms in total. The Balaban J connectivity index is 2.19. The van der Waals surface area contributed by atoms with Gasteiger partial charge in [0.25, 0.3) is 0 Å². The zero-order valence-electron chi connectivity index (χ0n) is 10.0. The van der Waals surface area contributed by atoms with Crippen LogP contribution in [0.2, 0.25) is 0 Å². The molecule has 0 aromatic heterocycles. The fourth-order valence-corrected chi connectivity index (χ4v) is 2.27. The number of aliphatic hydroxyl groups excluding tert-OH is 1. The van der Waals surface area contributed by atoms with Crippen molar-refractivity contribution in [1.29, 1.82) is 0 Å². The van der Waals surface area contributed by atoms with Gasteiger partial charge in [0.2, 0.25) is 0 Å². The van der Waals surface area contributed by atoms with Gasteiger partial charge in [0.15, 0.2) is 0 Å². The van der Waals surface area contributed by atoms with Crippen molar-refractivity contribution in [2.45, 2.75) is 57.6 Å². The average Bonchev–Trinajstić information content (AvgIpc) is 2.59. The highest BCUT2D eigenvalue weighted by Gasteiger charge is 2.35. The molecule has 3 atom stereocenters. The van der Waals surface area contributed by atoms with Crippen molar-refractivity contribution in [2.24, 2.45) is 11.7 Å². The van der Waals surface area contributed by atoms with Gasteiger partial charge < -0.3 is 15.6 Å². The van der Waals surface area contributed by atoms with Crippen LogP contribution in [0, 0.1) is 5.92 Å². The lowest BCUT2D eigenvalue weighted by Crippen LogP contribution is -2.41. The highest BCUT2D eigenvalue weighted by atomic mass is 16.5. The summed E-state index contributed by atoms with van der Waals surface area (Å²) in [6.07, 6.45) is 5.39. The van der Waals surface area contributed by atoms with E-state index in [0.717, 1.165) is 25.9 Å². The van der Waals surface area contributed by atoms with E-state index in [4.69, 9.17) is 15.6 Å². The van der Waals surface area contributed by atoms with Gasteiger partial charge in [-0.25, -0.2) is 0 Å². The van der Waals surface area contributed by atoms with Crippen molar-refractivity contribution >= 4 is 0 Å². The minimum atomic E-state index is -0.376. The predicted molar refractivity (Wildman–Crippen MR) is 61.7 cm³/mol. The molecule has 0 amide bonds. The van der Waals surface area contributed by atoms with E-state index in [1.165, 1.54) is 12.8 Å². The number of ether oxygens (including phenoxy) is 1. The van der Waals surface area contributed by atoms with Crippen LogP contribution in [0.5, 0.6) is 0 Å². The molecule has 1 aliphatic carbocycles. The Hall–Kier alpha value is -0.120. The second-order valence-corrected chi connectivity index (χ2v) is 5.11. The van der Waals surface area contributed by atoms with E-state index in [-0.39, 0.29) is 18.2 Å². The fourth-order valence-electron chi connectivity index (χ4n) is 2.27. The third-order valence-corrected chi connectivity index (χ3v) is 3.31. The molecule has 1 aliphatic rings. The molecule has 0 aromatic carbocycles. The van der Waals surface area contributed by atoms with Crippen LogP contribution in [0.1, 0.15) is 46.0 Å². The highest BCUT2D eigenvalue weighted by molar-refractivity contribution is 4.93. The second-order valence-electron chi connectivity index (χ2n) is 5.11. The molecule has 0 aromatic rings. The predicted octanol–water partition coefficient (Wildman–Crippen LogP) is 1.68. The first-order chi connectivity index (χ1) is 7.09. The minimum Gasteiger partial charge on any atom is -0.394 e. The van der Waals surface area contributed by atoms with Crippen LogP contribution in [0.3, 0.4) is 0 Å². The van der Waals surface area contributed by atoms with Crippen LogP contribution in [0.25, 0.3) is 0 Å². The van der Waals surface area contributed by atoms with Crippen LogP contribution in [-0.2, 0) is 4.74 Å². The lowest BCUT2D eigenvalue weighted by atomic mass is 10.0. The Kier molecular flexibility index (Phi) is 5.03. The van der Waals surface area contributed by atoms with E-state index in [2.05, 4.69) is 13.8 Å². The van der Waals surface area contributed by atoms with Gasteiger partial charge in [-0.1, -0.05) is 20.3 Å². The summed E-state index contributed by atoms with van der Waals surface area (Å²) < 4.78 is 5.82. The largest absolute Gasteiger partial charge is 0.394 e. The summed E-state index contributed by atoms with van der Waals surface area (Å²) in [5.41, 5.74) is 5.61. The number of hydrogen-bond donors (Lipinski definition) is 2. The molecule has 3 N–H and O–H groups in total. The Morgan fingerprint density at radius 1 is 1.60 bits per heavy atom. The molecule has 0 heterocycles. The molecule has 3 heteroatoms. The van der Waals surface area contributed by atoms with Crippen molar-refractivity contribution in [3.63, 3.8) is 0 Å². The number of aliphatic hydroxyl groups is 1. The number of hydrogen-bond acceptors (Lipinski definition) is 3. The summed E-state index contributed by atoms with van der Waals surface area (Å²) in [6.45, 7) is 5.33.